The number of anilines is 1. The average molecular weight is 522 g/mol. The van der Waals surface area contributed by atoms with Crippen LogP contribution in [0.15, 0.2) is 95.6 Å². The fourth-order valence-corrected chi connectivity index (χ4v) is 5.95. The first kappa shape index (κ1) is 20.5. The van der Waals surface area contributed by atoms with Crippen LogP contribution in [0.1, 0.15) is 16.1 Å². The van der Waals surface area contributed by atoms with Gasteiger partial charge in [0.15, 0.2) is 0 Å². The Labute approximate surface area is 190 Å². The van der Waals surface area contributed by atoms with E-state index in [0.717, 1.165) is 21.3 Å². The summed E-state index contributed by atoms with van der Waals surface area (Å²) >= 11 is 3.70. The summed E-state index contributed by atoms with van der Waals surface area (Å²) in [7, 11) is 0. The van der Waals surface area contributed by atoms with E-state index >= 15 is 0 Å². The first-order chi connectivity index (χ1) is 14.6. The third-order valence-electron chi connectivity index (χ3n) is 4.52. The van der Waals surface area contributed by atoms with Gasteiger partial charge >= 0.3 is 191 Å². The number of hydrogen-bond acceptors (Lipinski definition) is 2. The van der Waals surface area contributed by atoms with Crippen LogP contribution in [0.4, 0.5) is 5.69 Å². The Morgan fingerprint density at radius 1 is 0.900 bits per heavy atom. The number of carbonyl (C=O) groups is 1. The molecule has 3 aromatic carbocycles. The van der Waals surface area contributed by atoms with E-state index in [1.807, 2.05) is 30.3 Å². The van der Waals surface area contributed by atoms with Gasteiger partial charge in [-0.25, -0.2) is 0 Å². The molecule has 0 aliphatic carbocycles. The molecule has 4 aromatic rings. The second-order valence-electron chi connectivity index (χ2n) is 6.77. The van der Waals surface area contributed by atoms with E-state index in [2.05, 4.69) is 75.6 Å². The molecule has 1 heterocycles. The molecule has 0 saturated heterocycles. The van der Waals surface area contributed by atoms with Gasteiger partial charge in [0.25, 0.3) is 0 Å². The zero-order valence-corrected chi connectivity index (χ0v) is 19.6. The summed E-state index contributed by atoms with van der Waals surface area (Å²) in [5.41, 5.74) is 4.52. The molecule has 148 valence electrons. The number of aromatic nitrogens is 1. The van der Waals surface area contributed by atoms with Crippen molar-refractivity contribution in [3.63, 3.8) is 0 Å². The van der Waals surface area contributed by atoms with Crippen molar-refractivity contribution in [3.8, 4) is 11.1 Å². The topological polar surface area (TPSA) is 42.0 Å². The van der Waals surface area contributed by atoms with Gasteiger partial charge in [-0.05, 0) is 0 Å². The van der Waals surface area contributed by atoms with Gasteiger partial charge in [0, 0.05) is 0 Å². The predicted molar refractivity (Wildman–Crippen MR) is 128 cm³/mol. The Morgan fingerprint density at radius 3 is 2.53 bits per heavy atom. The number of nitrogens with zero attached hydrogens (tertiary/aromatic N) is 1. The molecule has 1 N–H and O–H groups in total. The molecular weight excluding hydrogens is 503 g/mol. The third kappa shape index (κ3) is 4.88. The summed E-state index contributed by atoms with van der Waals surface area (Å²) in [5.74, 6) is -0.213. The molecule has 0 fully saturated rings. The van der Waals surface area contributed by atoms with E-state index < -0.39 is 0 Å². The fourth-order valence-electron chi connectivity index (χ4n) is 3.11. The molecule has 1 aromatic heterocycles. The number of nitrogens with one attached hydrogen (secondary N) is 1. The fraction of sp³-hybridized carbons (Fsp3) is 0.0400. The van der Waals surface area contributed by atoms with E-state index in [1.165, 1.54) is 14.5 Å². The number of pyridine rings is 1. The summed E-state index contributed by atoms with van der Waals surface area (Å²) < 4.78 is 3.64. The van der Waals surface area contributed by atoms with Gasteiger partial charge in [0.05, 0.1) is 0 Å². The Balaban J connectivity index is 1.72. The van der Waals surface area contributed by atoms with Gasteiger partial charge in [-0.3, -0.25) is 0 Å². The second kappa shape index (κ2) is 9.39. The Kier molecular flexibility index (Phi) is 6.43. The maximum absolute atomic E-state index is 12.7. The molecule has 0 aliphatic rings. The van der Waals surface area contributed by atoms with Crippen molar-refractivity contribution >= 4 is 51.4 Å². The molecule has 0 bridgehead atoms. The summed E-state index contributed by atoms with van der Waals surface area (Å²) in [6, 6.07) is 28.2. The molecule has 3 nitrogen and oxygen atoms in total. The van der Waals surface area contributed by atoms with Crippen molar-refractivity contribution in [2.45, 2.75) is 6.92 Å². The number of amides is 1. The van der Waals surface area contributed by atoms with Gasteiger partial charge in [-0.15, -0.1) is 0 Å². The molecule has 0 atom stereocenters. The third-order valence-corrected chi connectivity index (χ3v) is 7.25. The zero-order chi connectivity index (χ0) is 20.9. The van der Waals surface area contributed by atoms with Gasteiger partial charge in [-0.2, -0.15) is 0 Å². The minimum absolute atomic E-state index is 0.130. The van der Waals surface area contributed by atoms with Crippen LogP contribution in [0.2, 0.25) is 0 Å². The van der Waals surface area contributed by atoms with Crippen LogP contribution in [0, 0.1) is 6.92 Å². The first-order valence-corrected chi connectivity index (χ1v) is 12.0. The number of para-hydroxylation sites is 1. The Morgan fingerprint density at radius 2 is 1.73 bits per heavy atom. The first-order valence-electron chi connectivity index (χ1n) is 9.46. The number of rotatable bonds is 5. The summed E-state index contributed by atoms with van der Waals surface area (Å²) in [6.07, 6.45) is 1.62. The van der Waals surface area contributed by atoms with Crippen LogP contribution in [-0.2, 0) is 0 Å². The molecule has 0 unspecified atom stereocenters. The van der Waals surface area contributed by atoms with Crippen molar-refractivity contribution in [3.05, 3.63) is 107 Å². The Hall–Kier alpha value is -2.72. The van der Waals surface area contributed by atoms with Crippen LogP contribution < -0.4 is 14.2 Å². The van der Waals surface area contributed by atoms with Gasteiger partial charge in [0.1, 0.15) is 0 Å². The monoisotopic (exact) mass is 522 g/mol. The van der Waals surface area contributed by atoms with Crippen molar-refractivity contribution in [1.82, 2.24) is 4.98 Å². The predicted octanol–water partition coefficient (Wildman–Crippen LogP) is 4.73. The number of halogens is 1. The van der Waals surface area contributed by atoms with Gasteiger partial charge < -0.3 is 0 Å². The standard InChI is InChI=1S/C25H19BrN2OSe/c1-17-12-13-24(30-19-8-6-7-18(26)16-19)21(15-17)20-9-2-3-10-22(20)28-25(29)23-11-4-5-14-27-23/h2-16H,1H3,(H,28,29). The summed E-state index contributed by atoms with van der Waals surface area (Å²) in [6.45, 7) is 2.09. The summed E-state index contributed by atoms with van der Waals surface area (Å²) in [4.78, 5) is 16.9. The van der Waals surface area contributed by atoms with E-state index in [9.17, 15) is 4.79 Å². The van der Waals surface area contributed by atoms with E-state index in [0.29, 0.717) is 5.69 Å². The molecule has 0 aliphatic heterocycles. The van der Waals surface area contributed by atoms with E-state index in [4.69, 9.17) is 0 Å². The molecule has 30 heavy (non-hydrogen) atoms. The number of hydrogen-bond donors (Lipinski definition) is 1. The number of carbonyl (C=O) groups excluding carboxylic acids is 1. The average Bonchev–Trinajstić information content (AvgIpc) is 2.76. The minimum atomic E-state index is -0.213. The normalized spacial score (nSPS) is 10.6. The number of benzene rings is 3. The van der Waals surface area contributed by atoms with Crippen molar-refractivity contribution in [2.75, 3.05) is 5.32 Å². The van der Waals surface area contributed by atoms with Crippen LogP contribution in [0.5, 0.6) is 0 Å². The molecule has 5 heteroatoms. The molecule has 0 radical (unpaired) electrons. The van der Waals surface area contributed by atoms with Crippen LogP contribution in [-0.4, -0.2) is 25.8 Å². The van der Waals surface area contributed by atoms with E-state index in [-0.39, 0.29) is 20.9 Å². The van der Waals surface area contributed by atoms with Crippen LogP contribution >= 0.6 is 15.9 Å². The van der Waals surface area contributed by atoms with E-state index in [1.54, 1.807) is 18.3 Å². The van der Waals surface area contributed by atoms with Gasteiger partial charge in [0.2, 0.25) is 0 Å². The zero-order valence-electron chi connectivity index (χ0n) is 16.3. The van der Waals surface area contributed by atoms with Crippen molar-refractivity contribution in [1.29, 1.82) is 0 Å². The molecule has 0 saturated carbocycles. The number of aryl methyl sites for hydroxylation is 1. The van der Waals surface area contributed by atoms with Crippen LogP contribution in [0.3, 0.4) is 0 Å². The summed E-state index contributed by atoms with van der Waals surface area (Å²) in [5, 5.41) is 3.04. The molecular formula is C25H19BrN2OSe. The molecule has 0 spiro atoms. The quantitative estimate of drug-likeness (QED) is 0.386. The van der Waals surface area contributed by atoms with Crippen molar-refractivity contribution < 1.29 is 4.79 Å². The molecule has 1 amide bonds. The SMILES string of the molecule is Cc1ccc([Se]c2cccc(Br)c2)c(-c2ccccc2NC(=O)c2ccccn2)c1. The van der Waals surface area contributed by atoms with Gasteiger partial charge in [-0.1, -0.05) is 0 Å². The van der Waals surface area contributed by atoms with Crippen LogP contribution in [0.25, 0.3) is 11.1 Å². The maximum atomic E-state index is 12.7. The van der Waals surface area contributed by atoms with Crippen molar-refractivity contribution in [2.24, 2.45) is 0 Å². The Bertz CT molecular complexity index is 1190. The molecule has 4 rings (SSSR count). The second-order valence-corrected chi connectivity index (χ2v) is 10.0.